The fourth-order valence-corrected chi connectivity index (χ4v) is 6.86. The maximum Gasteiger partial charge on any atom is 0.409 e. The number of fused-ring (bicyclic) bond motifs is 1. The van der Waals surface area contributed by atoms with E-state index >= 15 is 0 Å². The number of allylic oxidation sites excluding steroid dienone is 2. The summed E-state index contributed by atoms with van der Waals surface area (Å²) in [6, 6.07) is 2.67. The number of hydrogen-bond donors (Lipinski definition) is 3. The molecule has 258 valence electrons. The van der Waals surface area contributed by atoms with Gasteiger partial charge < -0.3 is 24.7 Å². The zero-order chi connectivity index (χ0) is 33.7. The SMILES string of the molecule is CCCN1CC(=O)N2[C@@H](CC3=CCC(OC(=O)N(C)C)CC3)C(O)N(Cc3ccc(F)cc3F)C[C@@H]2N1C(O)NCC1=CCCC=C1. The van der Waals surface area contributed by atoms with E-state index in [1.807, 2.05) is 24.1 Å². The van der Waals surface area contributed by atoms with Crippen molar-refractivity contribution in [1.29, 1.82) is 0 Å². The van der Waals surface area contributed by atoms with Crippen LogP contribution >= 0.6 is 0 Å². The highest BCUT2D eigenvalue weighted by Crippen LogP contribution is 2.35. The molecule has 11 nitrogen and oxygen atoms in total. The number of piperazine rings is 1. The molecule has 0 aromatic heterocycles. The Morgan fingerprint density at radius 3 is 2.68 bits per heavy atom. The highest BCUT2D eigenvalue weighted by atomic mass is 19.1. The zero-order valence-corrected chi connectivity index (χ0v) is 27.5. The van der Waals surface area contributed by atoms with Crippen LogP contribution in [0.2, 0.25) is 0 Å². The number of hydrazine groups is 1. The zero-order valence-electron chi connectivity index (χ0n) is 27.5. The summed E-state index contributed by atoms with van der Waals surface area (Å²) in [4.78, 5) is 30.7. The highest BCUT2D eigenvalue weighted by molar-refractivity contribution is 5.80. The highest BCUT2D eigenvalue weighted by Gasteiger charge is 2.51. The number of halogens is 2. The van der Waals surface area contributed by atoms with Crippen LogP contribution in [0.3, 0.4) is 0 Å². The van der Waals surface area contributed by atoms with Gasteiger partial charge in [-0.1, -0.05) is 42.9 Å². The number of nitrogens with zero attached hydrogens (tertiary/aromatic N) is 5. The van der Waals surface area contributed by atoms with E-state index in [1.165, 1.54) is 17.0 Å². The van der Waals surface area contributed by atoms with E-state index in [1.54, 1.807) is 28.9 Å². The summed E-state index contributed by atoms with van der Waals surface area (Å²) in [6.07, 6.45) is 9.36. The van der Waals surface area contributed by atoms with Gasteiger partial charge in [-0.15, -0.1) is 0 Å². The molecule has 2 aliphatic carbocycles. The predicted molar refractivity (Wildman–Crippen MR) is 172 cm³/mol. The van der Waals surface area contributed by atoms with Gasteiger partial charge in [0.1, 0.15) is 30.1 Å². The molecular formula is C34H48F2N6O5. The average Bonchev–Trinajstić information content (AvgIpc) is 3.04. The van der Waals surface area contributed by atoms with Gasteiger partial charge in [0.05, 0.1) is 12.6 Å². The molecule has 4 aliphatic rings. The number of ether oxygens (including phenoxy) is 1. The van der Waals surface area contributed by atoms with E-state index in [0.717, 1.165) is 36.5 Å². The third kappa shape index (κ3) is 8.45. The van der Waals surface area contributed by atoms with Gasteiger partial charge in [0, 0.05) is 58.3 Å². The van der Waals surface area contributed by atoms with E-state index in [0.29, 0.717) is 38.8 Å². The van der Waals surface area contributed by atoms with Gasteiger partial charge in [-0.2, -0.15) is 5.01 Å². The second kappa shape index (κ2) is 15.8. The monoisotopic (exact) mass is 658 g/mol. The number of hydrogen-bond acceptors (Lipinski definition) is 9. The Morgan fingerprint density at radius 2 is 2.02 bits per heavy atom. The first kappa shape index (κ1) is 35.1. The lowest BCUT2D eigenvalue weighted by atomic mass is 9.89. The van der Waals surface area contributed by atoms with Gasteiger partial charge in [-0.05, 0) is 50.2 Å². The minimum Gasteiger partial charge on any atom is -0.446 e. The van der Waals surface area contributed by atoms with Gasteiger partial charge in [-0.3, -0.25) is 15.0 Å². The summed E-state index contributed by atoms with van der Waals surface area (Å²) >= 11 is 0. The third-order valence-corrected chi connectivity index (χ3v) is 9.27. The van der Waals surface area contributed by atoms with Crippen molar-refractivity contribution in [2.24, 2.45) is 0 Å². The number of amides is 2. The van der Waals surface area contributed by atoms with Crippen molar-refractivity contribution in [2.75, 3.05) is 40.3 Å². The van der Waals surface area contributed by atoms with E-state index in [2.05, 4.69) is 17.5 Å². The lowest BCUT2D eigenvalue weighted by Crippen LogP contribution is -2.78. The first-order valence-corrected chi connectivity index (χ1v) is 16.6. The topological polar surface area (TPSA) is 112 Å². The number of carbonyl (C=O) groups is 2. The molecule has 1 aromatic carbocycles. The Hall–Kier alpha value is -3.20. The largest absolute Gasteiger partial charge is 0.446 e. The molecule has 2 saturated heterocycles. The van der Waals surface area contributed by atoms with Gasteiger partial charge in [0.25, 0.3) is 0 Å². The Labute approximate surface area is 275 Å². The maximum atomic E-state index is 14.9. The van der Waals surface area contributed by atoms with Crippen LogP contribution in [-0.4, -0.2) is 118 Å². The molecule has 0 saturated carbocycles. The third-order valence-electron chi connectivity index (χ3n) is 9.27. The van der Waals surface area contributed by atoms with Gasteiger partial charge >= 0.3 is 6.09 Å². The number of aliphatic hydroxyl groups excluding tert-OH is 2. The average molecular weight is 659 g/mol. The van der Waals surface area contributed by atoms with Crippen molar-refractivity contribution in [2.45, 2.75) is 89.3 Å². The summed E-state index contributed by atoms with van der Waals surface area (Å²) < 4.78 is 34.2. The maximum absolute atomic E-state index is 14.9. The van der Waals surface area contributed by atoms with Crippen molar-refractivity contribution in [3.05, 3.63) is 70.8 Å². The van der Waals surface area contributed by atoms with E-state index in [-0.39, 0.29) is 37.2 Å². The molecule has 2 heterocycles. The fraction of sp³-hybridized carbons (Fsp3) is 0.588. The summed E-state index contributed by atoms with van der Waals surface area (Å²) in [7, 11) is 3.27. The summed E-state index contributed by atoms with van der Waals surface area (Å²) in [5.74, 6) is -1.58. The second-order valence-corrected chi connectivity index (χ2v) is 13.0. The molecule has 3 N–H and O–H groups in total. The first-order chi connectivity index (χ1) is 22.5. The number of rotatable bonds is 11. The number of aliphatic hydroxyl groups is 2. The molecular weight excluding hydrogens is 610 g/mol. The summed E-state index contributed by atoms with van der Waals surface area (Å²) in [5, 5.41) is 30.3. The van der Waals surface area contributed by atoms with Crippen molar-refractivity contribution in [3.8, 4) is 0 Å². The van der Waals surface area contributed by atoms with Crippen LogP contribution in [-0.2, 0) is 16.1 Å². The molecule has 0 radical (unpaired) electrons. The Bertz CT molecular complexity index is 1370. The van der Waals surface area contributed by atoms with Crippen molar-refractivity contribution < 1.29 is 33.3 Å². The lowest BCUT2D eigenvalue weighted by molar-refractivity contribution is -0.266. The van der Waals surface area contributed by atoms with E-state index in [4.69, 9.17) is 4.74 Å². The molecule has 13 heteroatoms. The minimum atomic E-state index is -1.16. The summed E-state index contributed by atoms with van der Waals surface area (Å²) in [5.41, 5.74) is 2.30. The van der Waals surface area contributed by atoms with Crippen LogP contribution in [0.4, 0.5) is 13.6 Å². The van der Waals surface area contributed by atoms with Gasteiger partial charge in [0.15, 0.2) is 6.35 Å². The molecule has 5 rings (SSSR count). The molecule has 2 fully saturated rings. The van der Waals surface area contributed by atoms with Crippen LogP contribution in [0.5, 0.6) is 0 Å². The van der Waals surface area contributed by atoms with Gasteiger partial charge in [0.2, 0.25) is 5.91 Å². The van der Waals surface area contributed by atoms with E-state index < -0.39 is 42.5 Å². The normalized spacial score (nSPS) is 26.4. The molecule has 2 amide bonds. The lowest BCUT2D eigenvalue weighted by Gasteiger charge is -2.58. The Balaban J connectivity index is 1.43. The molecule has 0 bridgehead atoms. The smallest absolute Gasteiger partial charge is 0.409 e. The second-order valence-electron chi connectivity index (χ2n) is 13.0. The Morgan fingerprint density at radius 1 is 1.21 bits per heavy atom. The quantitative estimate of drug-likeness (QED) is 0.244. The van der Waals surface area contributed by atoms with E-state index in [9.17, 15) is 28.6 Å². The molecule has 5 atom stereocenters. The van der Waals surface area contributed by atoms with Crippen molar-refractivity contribution in [3.63, 3.8) is 0 Å². The number of benzene rings is 1. The fourth-order valence-electron chi connectivity index (χ4n) is 6.86. The minimum absolute atomic E-state index is 0.0211. The number of nitrogens with one attached hydrogen (secondary N) is 1. The van der Waals surface area contributed by atoms with Crippen LogP contribution in [0.25, 0.3) is 0 Å². The molecule has 3 unspecified atom stereocenters. The van der Waals surface area contributed by atoms with Crippen LogP contribution in [0.1, 0.15) is 57.4 Å². The first-order valence-electron chi connectivity index (χ1n) is 16.6. The standard InChI is InChI=1S/C34H48F2N6O5/c1-4-16-40-22-31(43)41-29(17-23-10-14-27(15-11-23)47-34(46)38(2)3)32(44)39(20-25-12-13-26(35)18-28(25)36)21-30(41)42(40)33(45)37-19-24-8-6-5-7-9-24/h6,8-10,12-13,18,27,29-30,32-33,37,44-45H,4-5,7,11,14-17,19-22H2,1-3H3/t27?,29-,30-,32?,33?/m0/s1. The molecule has 47 heavy (non-hydrogen) atoms. The predicted octanol–water partition coefficient (Wildman–Crippen LogP) is 3.27. The van der Waals surface area contributed by atoms with Gasteiger partial charge in [-0.25, -0.2) is 18.6 Å². The molecule has 1 aromatic rings. The van der Waals surface area contributed by atoms with Crippen molar-refractivity contribution >= 4 is 12.0 Å². The van der Waals surface area contributed by atoms with Crippen LogP contribution in [0, 0.1) is 11.6 Å². The van der Waals surface area contributed by atoms with Crippen LogP contribution < -0.4 is 5.32 Å². The molecule has 2 aliphatic heterocycles. The van der Waals surface area contributed by atoms with Crippen molar-refractivity contribution in [1.82, 2.24) is 30.0 Å². The summed E-state index contributed by atoms with van der Waals surface area (Å²) in [6.45, 7) is 3.08. The van der Waals surface area contributed by atoms with Crippen LogP contribution in [0.15, 0.2) is 53.6 Å². The molecule has 0 spiro atoms. The Kier molecular flexibility index (Phi) is 11.8. The number of carbonyl (C=O) groups excluding carboxylic acids is 2.